The minimum absolute atomic E-state index is 0.0951. The van der Waals surface area contributed by atoms with Crippen molar-refractivity contribution in [3.8, 4) is 0 Å². The molecule has 0 radical (unpaired) electrons. The van der Waals surface area contributed by atoms with E-state index < -0.39 is 0 Å². The molecule has 0 spiro atoms. The van der Waals surface area contributed by atoms with Crippen molar-refractivity contribution in [2.45, 2.75) is 32.0 Å². The monoisotopic (exact) mass is 320 g/mol. The van der Waals surface area contributed by atoms with Crippen LogP contribution in [0, 0.1) is 5.92 Å². The van der Waals surface area contributed by atoms with Gasteiger partial charge in [-0.05, 0) is 25.0 Å². The second-order valence-corrected chi connectivity index (χ2v) is 6.42. The second kappa shape index (κ2) is 6.83. The number of amides is 1. The minimum atomic E-state index is -0.316. The zero-order valence-electron chi connectivity index (χ0n) is 12.9. The topological polar surface area (TPSA) is 90.0 Å². The Labute approximate surface area is 133 Å². The molecule has 1 heterocycles. The molecule has 2 rings (SSSR count). The van der Waals surface area contributed by atoms with E-state index in [9.17, 15) is 9.59 Å². The molecule has 1 aromatic heterocycles. The number of rotatable bonds is 5. The van der Waals surface area contributed by atoms with Crippen LogP contribution in [0.1, 0.15) is 20.8 Å². The van der Waals surface area contributed by atoms with Gasteiger partial charge >= 0.3 is 0 Å². The molecule has 7 heteroatoms. The summed E-state index contributed by atoms with van der Waals surface area (Å²) in [5.74, 6) is 6.20. The average Bonchev–Trinajstić information content (AvgIpc) is 2.49. The SMILES string of the molecule is CC(C)[C@@H](C)NC(=O)CSc1nc2ccccc2c(=O)n1N. The first-order valence-corrected chi connectivity index (χ1v) is 8.07. The normalized spacial score (nSPS) is 12.5. The number of hydrogen-bond acceptors (Lipinski definition) is 5. The highest BCUT2D eigenvalue weighted by atomic mass is 32.2. The van der Waals surface area contributed by atoms with Crippen LogP contribution in [0.15, 0.2) is 34.2 Å². The Balaban J connectivity index is 2.14. The van der Waals surface area contributed by atoms with Gasteiger partial charge in [0.25, 0.3) is 5.56 Å². The van der Waals surface area contributed by atoms with E-state index in [4.69, 9.17) is 5.84 Å². The first kappa shape index (κ1) is 16.4. The molecule has 1 amide bonds. The zero-order valence-corrected chi connectivity index (χ0v) is 13.7. The smallest absolute Gasteiger partial charge is 0.280 e. The van der Waals surface area contributed by atoms with Gasteiger partial charge in [0.15, 0.2) is 5.16 Å². The molecular weight excluding hydrogens is 300 g/mol. The van der Waals surface area contributed by atoms with Gasteiger partial charge in [-0.25, -0.2) is 9.66 Å². The largest absolute Gasteiger partial charge is 0.353 e. The summed E-state index contributed by atoms with van der Waals surface area (Å²) in [6.07, 6.45) is 0. The predicted octanol–water partition coefficient (Wildman–Crippen LogP) is 1.36. The van der Waals surface area contributed by atoms with Crippen LogP contribution in [0.25, 0.3) is 10.9 Å². The number of nitrogen functional groups attached to an aromatic ring is 1. The molecule has 6 nitrogen and oxygen atoms in total. The number of carbonyl (C=O) groups is 1. The van der Waals surface area contributed by atoms with E-state index in [-0.39, 0.29) is 23.3 Å². The van der Waals surface area contributed by atoms with Gasteiger partial charge in [0.05, 0.1) is 16.7 Å². The zero-order chi connectivity index (χ0) is 16.3. The van der Waals surface area contributed by atoms with Crippen LogP contribution in [0.2, 0.25) is 0 Å². The van der Waals surface area contributed by atoms with Crippen LogP contribution in [0.5, 0.6) is 0 Å². The molecule has 3 N–H and O–H groups in total. The molecule has 118 valence electrons. The van der Waals surface area contributed by atoms with E-state index in [1.54, 1.807) is 24.3 Å². The summed E-state index contributed by atoms with van der Waals surface area (Å²) in [4.78, 5) is 28.4. The number of fused-ring (bicyclic) bond motifs is 1. The maximum absolute atomic E-state index is 12.1. The Kier molecular flexibility index (Phi) is 5.07. The minimum Gasteiger partial charge on any atom is -0.353 e. The van der Waals surface area contributed by atoms with Crippen molar-refractivity contribution in [1.29, 1.82) is 0 Å². The highest BCUT2D eigenvalue weighted by Crippen LogP contribution is 2.16. The summed E-state index contributed by atoms with van der Waals surface area (Å²) in [6.45, 7) is 6.04. The van der Waals surface area contributed by atoms with Crippen LogP contribution in [-0.2, 0) is 4.79 Å². The molecule has 22 heavy (non-hydrogen) atoms. The van der Waals surface area contributed by atoms with Crippen LogP contribution in [-0.4, -0.2) is 27.4 Å². The lowest BCUT2D eigenvalue weighted by Gasteiger charge is -2.17. The number of aromatic nitrogens is 2. The lowest BCUT2D eigenvalue weighted by molar-refractivity contribution is -0.119. The summed E-state index contributed by atoms with van der Waals surface area (Å²) in [5, 5.41) is 3.70. The molecule has 0 bridgehead atoms. The molecule has 0 fully saturated rings. The summed E-state index contributed by atoms with van der Waals surface area (Å²) in [6, 6.07) is 7.10. The van der Waals surface area contributed by atoms with Crippen molar-refractivity contribution < 1.29 is 4.79 Å². The first-order valence-electron chi connectivity index (χ1n) is 7.09. The highest BCUT2D eigenvalue weighted by molar-refractivity contribution is 7.99. The van der Waals surface area contributed by atoms with E-state index in [1.165, 1.54) is 0 Å². The van der Waals surface area contributed by atoms with Crippen molar-refractivity contribution >= 4 is 28.6 Å². The third-order valence-electron chi connectivity index (χ3n) is 3.50. The molecule has 0 aliphatic rings. The number of nitrogens with two attached hydrogens (primary N) is 1. The Hall–Kier alpha value is -2.02. The van der Waals surface area contributed by atoms with Crippen LogP contribution in [0.4, 0.5) is 0 Å². The third kappa shape index (κ3) is 3.59. The standard InChI is InChI=1S/C15H20N4O2S/c1-9(2)10(3)17-13(20)8-22-15-18-12-7-5-4-6-11(12)14(21)19(15)16/h4-7,9-10H,8,16H2,1-3H3,(H,17,20)/t10-/m1/s1. The van der Waals surface area contributed by atoms with E-state index in [2.05, 4.69) is 10.3 Å². The molecular formula is C15H20N4O2S. The average molecular weight is 320 g/mol. The van der Waals surface area contributed by atoms with Crippen molar-refractivity contribution in [2.24, 2.45) is 5.92 Å². The fraction of sp³-hybridized carbons (Fsp3) is 0.400. The third-order valence-corrected chi connectivity index (χ3v) is 4.45. The molecule has 0 saturated heterocycles. The number of thioether (sulfide) groups is 1. The van der Waals surface area contributed by atoms with Gasteiger partial charge in [0.2, 0.25) is 5.91 Å². The van der Waals surface area contributed by atoms with E-state index in [0.29, 0.717) is 22.0 Å². The van der Waals surface area contributed by atoms with Crippen molar-refractivity contribution in [3.63, 3.8) is 0 Å². The van der Waals surface area contributed by atoms with Gasteiger partial charge in [0.1, 0.15) is 0 Å². The summed E-state index contributed by atoms with van der Waals surface area (Å²) in [5.41, 5.74) is 0.261. The fourth-order valence-electron chi connectivity index (χ4n) is 1.82. The van der Waals surface area contributed by atoms with Gasteiger partial charge in [-0.2, -0.15) is 0 Å². The molecule has 1 atom stereocenters. The highest BCUT2D eigenvalue weighted by Gasteiger charge is 2.14. The van der Waals surface area contributed by atoms with Gasteiger partial charge < -0.3 is 11.2 Å². The van der Waals surface area contributed by atoms with Crippen molar-refractivity contribution in [1.82, 2.24) is 15.0 Å². The first-order chi connectivity index (χ1) is 10.4. The van der Waals surface area contributed by atoms with Crippen molar-refractivity contribution in [3.05, 3.63) is 34.6 Å². The molecule has 0 aliphatic heterocycles. The van der Waals surface area contributed by atoms with Crippen LogP contribution < -0.4 is 16.7 Å². The second-order valence-electron chi connectivity index (χ2n) is 5.48. The molecule has 0 saturated carbocycles. The Morgan fingerprint density at radius 2 is 2.05 bits per heavy atom. The summed E-state index contributed by atoms with van der Waals surface area (Å²) < 4.78 is 0.992. The predicted molar refractivity (Wildman–Crippen MR) is 89.3 cm³/mol. The molecule has 0 aliphatic carbocycles. The van der Waals surface area contributed by atoms with Gasteiger partial charge in [0, 0.05) is 6.04 Å². The number of nitrogens with zero attached hydrogens (tertiary/aromatic N) is 2. The lowest BCUT2D eigenvalue weighted by atomic mass is 10.1. The Morgan fingerprint density at radius 3 is 2.73 bits per heavy atom. The van der Waals surface area contributed by atoms with Crippen LogP contribution in [0.3, 0.4) is 0 Å². The van der Waals surface area contributed by atoms with E-state index in [0.717, 1.165) is 16.4 Å². The number of para-hydroxylation sites is 1. The Morgan fingerprint density at radius 1 is 1.36 bits per heavy atom. The maximum atomic E-state index is 12.1. The molecule has 0 unspecified atom stereocenters. The number of nitrogens with one attached hydrogen (secondary N) is 1. The van der Waals surface area contributed by atoms with Gasteiger partial charge in [-0.3, -0.25) is 9.59 Å². The fourth-order valence-corrected chi connectivity index (χ4v) is 2.55. The van der Waals surface area contributed by atoms with Crippen molar-refractivity contribution in [2.75, 3.05) is 11.6 Å². The van der Waals surface area contributed by atoms with Crippen LogP contribution >= 0.6 is 11.8 Å². The van der Waals surface area contributed by atoms with E-state index in [1.807, 2.05) is 20.8 Å². The molecule has 1 aromatic carbocycles. The summed E-state index contributed by atoms with van der Waals surface area (Å²) in [7, 11) is 0. The van der Waals surface area contributed by atoms with E-state index >= 15 is 0 Å². The summed E-state index contributed by atoms with van der Waals surface area (Å²) >= 11 is 1.15. The van der Waals surface area contributed by atoms with Gasteiger partial charge in [-0.1, -0.05) is 37.7 Å². The number of carbonyl (C=O) groups excluding carboxylic acids is 1. The Bertz CT molecular complexity index is 742. The maximum Gasteiger partial charge on any atom is 0.280 e. The number of hydrogen-bond donors (Lipinski definition) is 2. The quantitative estimate of drug-likeness (QED) is 0.493. The van der Waals surface area contributed by atoms with Gasteiger partial charge in [-0.15, -0.1) is 0 Å². The number of benzene rings is 1. The lowest BCUT2D eigenvalue weighted by Crippen LogP contribution is -2.37. The molecule has 2 aromatic rings.